The summed E-state index contributed by atoms with van der Waals surface area (Å²) in [4.78, 5) is 18.0. The van der Waals surface area contributed by atoms with Gasteiger partial charge in [-0.15, -0.1) is 0 Å². The van der Waals surface area contributed by atoms with Gasteiger partial charge in [0.05, 0.1) is 10.6 Å². The molecule has 3 aromatic rings. The highest BCUT2D eigenvalue weighted by Crippen LogP contribution is 2.25. The summed E-state index contributed by atoms with van der Waals surface area (Å²) in [5.41, 5.74) is 0.683. The SMILES string of the molecule is CN(CCc1noc(-c2ccccc2Cl)n1)C(=O)c1ccc(Br)o1. The Balaban J connectivity index is 1.63. The van der Waals surface area contributed by atoms with Crippen LogP contribution in [-0.2, 0) is 6.42 Å². The molecule has 124 valence electrons. The number of amides is 1. The Morgan fingerprint density at radius 3 is 2.79 bits per heavy atom. The van der Waals surface area contributed by atoms with Gasteiger partial charge in [-0.2, -0.15) is 4.98 Å². The zero-order valence-corrected chi connectivity index (χ0v) is 15.0. The maximum atomic E-state index is 12.2. The van der Waals surface area contributed by atoms with Crippen molar-refractivity contribution >= 4 is 33.4 Å². The molecule has 2 heterocycles. The summed E-state index contributed by atoms with van der Waals surface area (Å²) in [6.07, 6.45) is 0.456. The van der Waals surface area contributed by atoms with Gasteiger partial charge in [0, 0.05) is 20.0 Å². The number of likely N-dealkylation sites (N-methyl/N-ethyl adjacent to an activating group) is 1. The van der Waals surface area contributed by atoms with Gasteiger partial charge in [-0.3, -0.25) is 4.79 Å². The summed E-state index contributed by atoms with van der Waals surface area (Å²) >= 11 is 9.29. The van der Waals surface area contributed by atoms with E-state index in [1.165, 1.54) is 4.90 Å². The summed E-state index contributed by atoms with van der Waals surface area (Å²) in [5, 5.41) is 4.47. The molecule has 0 aliphatic heterocycles. The van der Waals surface area contributed by atoms with Crippen molar-refractivity contribution in [2.75, 3.05) is 13.6 Å². The summed E-state index contributed by atoms with van der Waals surface area (Å²) in [5.74, 6) is 0.925. The van der Waals surface area contributed by atoms with Gasteiger partial charge in [0.1, 0.15) is 0 Å². The maximum absolute atomic E-state index is 12.2. The summed E-state index contributed by atoms with van der Waals surface area (Å²) in [6, 6.07) is 10.5. The van der Waals surface area contributed by atoms with Crippen molar-refractivity contribution in [1.82, 2.24) is 15.0 Å². The van der Waals surface area contributed by atoms with Crippen molar-refractivity contribution in [3.63, 3.8) is 0 Å². The Hall–Kier alpha value is -2.12. The Morgan fingerprint density at radius 2 is 2.08 bits per heavy atom. The van der Waals surface area contributed by atoms with E-state index in [9.17, 15) is 4.79 Å². The van der Waals surface area contributed by atoms with Crippen LogP contribution in [0.3, 0.4) is 0 Å². The number of carbonyl (C=O) groups excluding carboxylic acids is 1. The summed E-state index contributed by atoms with van der Waals surface area (Å²) in [7, 11) is 1.69. The van der Waals surface area contributed by atoms with E-state index in [1.807, 2.05) is 18.2 Å². The van der Waals surface area contributed by atoms with E-state index in [4.69, 9.17) is 20.5 Å². The van der Waals surface area contributed by atoms with E-state index >= 15 is 0 Å². The fraction of sp³-hybridized carbons (Fsp3) is 0.188. The second kappa shape index (κ2) is 7.19. The maximum Gasteiger partial charge on any atom is 0.289 e. The predicted molar refractivity (Wildman–Crippen MR) is 91.8 cm³/mol. The lowest BCUT2D eigenvalue weighted by Crippen LogP contribution is -2.28. The van der Waals surface area contributed by atoms with Crippen molar-refractivity contribution in [3.8, 4) is 11.5 Å². The number of aromatic nitrogens is 2. The first-order valence-corrected chi connectivity index (χ1v) is 8.30. The number of hydrogen-bond acceptors (Lipinski definition) is 5. The molecule has 24 heavy (non-hydrogen) atoms. The highest BCUT2D eigenvalue weighted by molar-refractivity contribution is 9.10. The number of furan rings is 1. The van der Waals surface area contributed by atoms with Crippen LogP contribution in [0.5, 0.6) is 0 Å². The molecule has 0 aliphatic carbocycles. The Morgan fingerprint density at radius 1 is 1.29 bits per heavy atom. The zero-order chi connectivity index (χ0) is 17.1. The van der Waals surface area contributed by atoms with Crippen LogP contribution >= 0.6 is 27.5 Å². The number of carbonyl (C=O) groups is 1. The number of benzene rings is 1. The molecule has 8 heteroatoms. The molecular weight excluding hydrogens is 398 g/mol. The third kappa shape index (κ3) is 3.68. The van der Waals surface area contributed by atoms with Gasteiger partial charge in [-0.05, 0) is 40.2 Å². The van der Waals surface area contributed by atoms with Gasteiger partial charge < -0.3 is 13.8 Å². The lowest BCUT2D eigenvalue weighted by atomic mass is 10.2. The van der Waals surface area contributed by atoms with E-state index < -0.39 is 0 Å². The van der Waals surface area contributed by atoms with Gasteiger partial charge in [0.15, 0.2) is 16.3 Å². The monoisotopic (exact) mass is 409 g/mol. The molecule has 0 fully saturated rings. The van der Waals surface area contributed by atoms with Crippen LogP contribution in [0.4, 0.5) is 0 Å². The third-order valence-corrected chi connectivity index (χ3v) is 4.13. The lowest BCUT2D eigenvalue weighted by Gasteiger charge is -2.14. The molecule has 0 atom stereocenters. The third-order valence-electron chi connectivity index (χ3n) is 3.37. The van der Waals surface area contributed by atoms with Crippen molar-refractivity contribution < 1.29 is 13.7 Å². The molecule has 0 radical (unpaired) electrons. The molecule has 6 nitrogen and oxygen atoms in total. The molecule has 2 aromatic heterocycles. The van der Waals surface area contributed by atoms with Gasteiger partial charge in [-0.25, -0.2) is 0 Å². The molecule has 0 saturated heterocycles. The highest BCUT2D eigenvalue weighted by Gasteiger charge is 2.17. The molecule has 1 aromatic carbocycles. The normalized spacial score (nSPS) is 10.8. The van der Waals surface area contributed by atoms with Crippen LogP contribution in [0.1, 0.15) is 16.4 Å². The van der Waals surface area contributed by atoms with Crippen LogP contribution in [0.25, 0.3) is 11.5 Å². The van der Waals surface area contributed by atoms with Gasteiger partial charge >= 0.3 is 0 Å². The van der Waals surface area contributed by atoms with E-state index in [-0.39, 0.29) is 11.7 Å². The molecule has 0 bridgehead atoms. The van der Waals surface area contributed by atoms with Crippen LogP contribution in [0, 0.1) is 0 Å². The average Bonchev–Trinajstić information content (AvgIpc) is 3.21. The molecule has 3 rings (SSSR count). The Kier molecular flexibility index (Phi) is 5.01. The van der Waals surface area contributed by atoms with Crippen molar-refractivity contribution in [3.05, 3.63) is 57.7 Å². The molecule has 0 unspecified atom stereocenters. The molecule has 1 amide bonds. The number of nitrogens with zero attached hydrogens (tertiary/aromatic N) is 3. The molecule has 0 aliphatic rings. The van der Waals surface area contributed by atoms with Crippen LogP contribution in [0.15, 0.2) is 50.0 Å². The topological polar surface area (TPSA) is 72.4 Å². The smallest absolute Gasteiger partial charge is 0.289 e. The molecular formula is C16H13BrClN3O3. The lowest BCUT2D eigenvalue weighted by molar-refractivity contribution is 0.0763. The van der Waals surface area contributed by atoms with Crippen molar-refractivity contribution in [1.29, 1.82) is 0 Å². The van der Waals surface area contributed by atoms with E-state index in [1.54, 1.807) is 25.2 Å². The first-order valence-electron chi connectivity index (χ1n) is 7.13. The van der Waals surface area contributed by atoms with E-state index in [0.29, 0.717) is 39.9 Å². The standard InChI is InChI=1S/C16H13BrClN3O3/c1-21(16(22)12-6-7-13(17)23-12)9-8-14-19-15(24-20-14)10-4-2-3-5-11(10)18/h2-7H,8-9H2,1H3. The van der Waals surface area contributed by atoms with Crippen molar-refractivity contribution in [2.24, 2.45) is 0 Å². The second-order valence-corrected chi connectivity index (χ2v) is 6.26. The predicted octanol–water partition coefficient (Wildman–Crippen LogP) is 4.06. The summed E-state index contributed by atoms with van der Waals surface area (Å²) in [6.45, 7) is 0.429. The number of halogens is 2. The number of rotatable bonds is 5. The average molecular weight is 411 g/mol. The minimum Gasteiger partial charge on any atom is -0.444 e. The van der Waals surface area contributed by atoms with Crippen molar-refractivity contribution in [2.45, 2.75) is 6.42 Å². The van der Waals surface area contributed by atoms with Crippen LogP contribution < -0.4 is 0 Å². The zero-order valence-electron chi connectivity index (χ0n) is 12.7. The fourth-order valence-electron chi connectivity index (χ4n) is 2.09. The second-order valence-electron chi connectivity index (χ2n) is 5.08. The number of hydrogen-bond donors (Lipinski definition) is 0. The molecule has 0 spiro atoms. The molecule has 0 N–H and O–H groups in total. The van der Waals surface area contributed by atoms with Gasteiger partial charge in [0.2, 0.25) is 0 Å². The first-order chi connectivity index (χ1) is 11.5. The molecule has 0 saturated carbocycles. The van der Waals surface area contributed by atoms with Gasteiger partial charge in [-0.1, -0.05) is 28.9 Å². The van der Waals surface area contributed by atoms with Crippen LogP contribution in [-0.4, -0.2) is 34.5 Å². The first kappa shape index (κ1) is 16.7. The Bertz CT molecular complexity index is 862. The minimum absolute atomic E-state index is 0.212. The van der Waals surface area contributed by atoms with Crippen LogP contribution in [0.2, 0.25) is 5.02 Å². The largest absolute Gasteiger partial charge is 0.444 e. The van der Waals surface area contributed by atoms with E-state index in [0.717, 1.165) is 0 Å². The highest BCUT2D eigenvalue weighted by atomic mass is 79.9. The van der Waals surface area contributed by atoms with Gasteiger partial charge in [0.25, 0.3) is 11.8 Å². The summed E-state index contributed by atoms with van der Waals surface area (Å²) < 4.78 is 11.0. The van der Waals surface area contributed by atoms with E-state index in [2.05, 4.69) is 26.1 Å². The fourth-order valence-corrected chi connectivity index (χ4v) is 2.61. The minimum atomic E-state index is -0.212. The quantitative estimate of drug-likeness (QED) is 0.634. The Labute approximate surface area is 151 Å².